The fourth-order valence-corrected chi connectivity index (χ4v) is 2.28. The first kappa shape index (κ1) is 13.3. The number of nitrogens with zero attached hydrogens (tertiary/aromatic N) is 4. The third-order valence-corrected chi connectivity index (χ3v) is 3.58. The summed E-state index contributed by atoms with van der Waals surface area (Å²) in [6, 6.07) is 7.93. The van der Waals surface area contributed by atoms with Gasteiger partial charge >= 0.3 is 0 Å². The molecule has 1 aromatic carbocycles. The fraction of sp³-hybridized carbons (Fsp3) is 0.188. The van der Waals surface area contributed by atoms with Crippen LogP contribution in [0.2, 0.25) is 0 Å². The molecule has 106 valence electrons. The fourth-order valence-electron chi connectivity index (χ4n) is 2.28. The zero-order valence-electron chi connectivity index (χ0n) is 12.2. The van der Waals surface area contributed by atoms with E-state index in [1.54, 1.807) is 30.4 Å². The maximum Gasteiger partial charge on any atom is 0.124 e. The van der Waals surface area contributed by atoms with Gasteiger partial charge in [-0.15, -0.1) is 5.10 Å². The monoisotopic (exact) mass is 280 g/mol. The lowest BCUT2D eigenvalue weighted by Gasteiger charge is -2.12. The predicted molar refractivity (Wildman–Crippen MR) is 80.6 cm³/mol. The maximum atomic E-state index is 5.44. The maximum absolute atomic E-state index is 5.44. The third kappa shape index (κ3) is 2.38. The van der Waals surface area contributed by atoms with E-state index in [1.807, 2.05) is 25.1 Å². The molecule has 0 radical (unpaired) electrons. The molecule has 0 saturated carbocycles. The number of benzene rings is 1. The SMILES string of the molecule is COc1cc(-n2nncc2-c2cccnc2)cc(C)c1C. The average molecular weight is 280 g/mol. The first-order chi connectivity index (χ1) is 10.2. The molecule has 0 fully saturated rings. The number of aryl methyl sites for hydroxylation is 1. The Bertz CT molecular complexity index is 765. The standard InChI is InChI=1S/C16H16N4O/c1-11-7-14(8-16(21-3)12(11)2)20-15(10-18-19-20)13-5-4-6-17-9-13/h4-10H,1-3H3. The molecule has 0 atom stereocenters. The van der Waals surface area contributed by atoms with Gasteiger partial charge in [0.1, 0.15) is 5.75 Å². The van der Waals surface area contributed by atoms with Crippen LogP contribution in [-0.2, 0) is 0 Å². The van der Waals surface area contributed by atoms with Gasteiger partial charge in [-0.25, -0.2) is 4.68 Å². The van der Waals surface area contributed by atoms with Crippen molar-refractivity contribution in [3.8, 4) is 22.7 Å². The van der Waals surface area contributed by atoms with Crippen molar-refractivity contribution in [2.24, 2.45) is 0 Å². The first-order valence-electron chi connectivity index (χ1n) is 6.67. The van der Waals surface area contributed by atoms with E-state index in [-0.39, 0.29) is 0 Å². The summed E-state index contributed by atoms with van der Waals surface area (Å²) in [4.78, 5) is 4.15. The highest BCUT2D eigenvalue weighted by Crippen LogP contribution is 2.27. The Kier molecular flexibility index (Phi) is 3.39. The van der Waals surface area contributed by atoms with Gasteiger partial charge in [0.25, 0.3) is 0 Å². The van der Waals surface area contributed by atoms with E-state index in [1.165, 1.54) is 0 Å². The number of aromatic nitrogens is 4. The van der Waals surface area contributed by atoms with Crippen molar-refractivity contribution in [2.75, 3.05) is 7.11 Å². The van der Waals surface area contributed by atoms with Crippen LogP contribution in [0.15, 0.2) is 42.9 Å². The summed E-state index contributed by atoms with van der Waals surface area (Å²) in [6.45, 7) is 4.10. The minimum atomic E-state index is 0.845. The number of rotatable bonds is 3. The van der Waals surface area contributed by atoms with Crippen LogP contribution < -0.4 is 4.74 Å². The Balaban J connectivity index is 2.15. The van der Waals surface area contributed by atoms with Gasteiger partial charge in [-0.1, -0.05) is 5.21 Å². The van der Waals surface area contributed by atoms with Crippen LogP contribution >= 0.6 is 0 Å². The van der Waals surface area contributed by atoms with Gasteiger partial charge in [0.05, 0.1) is 24.7 Å². The second kappa shape index (κ2) is 5.36. The molecule has 0 amide bonds. The molecule has 0 bridgehead atoms. The van der Waals surface area contributed by atoms with E-state index < -0.39 is 0 Å². The quantitative estimate of drug-likeness (QED) is 0.740. The van der Waals surface area contributed by atoms with Crippen LogP contribution in [0.4, 0.5) is 0 Å². The Morgan fingerprint density at radius 1 is 1.14 bits per heavy atom. The van der Waals surface area contributed by atoms with E-state index in [2.05, 4.69) is 28.3 Å². The number of pyridine rings is 1. The zero-order chi connectivity index (χ0) is 14.8. The molecule has 3 aromatic rings. The molecule has 0 aliphatic heterocycles. The van der Waals surface area contributed by atoms with Crippen molar-refractivity contribution in [1.82, 2.24) is 20.0 Å². The third-order valence-electron chi connectivity index (χ3n) is 3.58. The molecule has 3 rings (SSSR count). The molecule has 5 heteroatoms. The van der Waals surface area contributed by atoms with Crippen LogP contribution in [0.1, 0.15) is 11.1 Å². The molecule has 0 saturated heterocycles. The molecular weight excluding hydrogens is 264 g/mol. The van der Waals surface area contributed by atoms with E-state index in [0.717, 1.165) is 33.8 Å². The summed E-state index contributed by atoms with van der Waals surface area (Å²) in [5.41, 5.74) is 5.07. The Labute approximate surface area is 123 Å². The van der Waals surface area contributed by atoms with Gasteiger partial charge in [-0.3, -0.25) is 4.98 Å². The minimum Gasteiger partial charge on any atom is -0.496 e. The first-order valence-corrected chi connectivity index (χ1v) is 6.67. The summed E-state index contributed by atoms with van der Waals surface area (Å²) in [6.07, 6.45) is 5.28. The minimum absolute atomic E-state index is 0.845. The predicted octanol–water partition coefficient (Wildman–Crippen LogP) is 2.95. The smallest absolute Gasteiger partial charge is 0.124 e. The van der Waals surface area contributed by atoms with Crippen LogP contribution in [0, 0.1) is 13.8 Å². The number of hydrogen-bond donors (Lipinski definition) is 0. The molecule has 0 aliphatic carbocycles. The zero-order valence-corrected chi connectivity index (χ0v) is 12.2. The molecule has 2 aromatic heterocycles. The number of ether oxygens (including phenoxy) is 1. The Hall–Kier alpha value is -2.69. The van der Waals surface area contributed by atoms with Crippen LogP contribution in [0.5, 0.6) is 5.75 Å². The summed E-state index contributed by atoms with van der Waals surface area (Å²) < 4.78 is 7.23. The molecule has 21 heavy (non-hydrogen) atoms. The van der Waals surface area contributed by atoms with Gasteiger partial charge in [-0.2, -0.15) is 0 Å². The van der Waals surface area contributed by atoms with Crippen molar-refractivity contribution < 1.29 is 4.74 Å². The van der Waals surface area contributed by atoms with Gasteiger partial charge in [-0.05, 0) is 43.2 Å². The van der Waals surface area contributed by atoms with Crippen LogP contribution in [-0.4, -0.2) is 27.1 Å². The average Bonchev–Trinajstić information content (AvgIpc) is 3.00. The lowest BCUT2D eigenvalue weighted by Crippen LogP contribution is -2.02. The van der Waals surface area contributed by atoms with Gasteiger partial charge < -0.3 is 4.74 Å². The van der Waals surface area contributed by atoms with Crippen molar-refractivity contribution >= 4 is 0 Å². The highest BCUT2D eigenvalue weighted by Gasteiger charge is 2.12. The second-order valence-electron chi connectivity index (χ2n) is 4.86. The molecule has 2 heterocycles. The molecular formula is C16H16N4O. The normalized spacial score (nSPS) is 10.6. The van der Waals surface area contributed by atoms with Crippen molar-refractivity contribution in [1.29, 1.82) is 0 Å². The Morgan fingerprint density at radius 3 is 2.71 bits per heavy atom. The molecule has 0 N–H and O–H groups in total. The van der Waals surface area contributed by atoms with E-state index >= 15 is 0 Å². The molecule has 5 nitrogen and oxygen atoms in total. The van der Waals surface area contributed by atoms with E-state index in [9.17, 15) is 0 Å². The number of hydrogen-bond acceptors (Lipinski definition) is 4. The van der Waals surface area contributed by atoms with Crippen molar-refractivity contribution in [3.63, 3.8) is 0 Å². The van der Waals surface area contributed by atoms with Crippen LogP contribution in [0.25, 0.3) is 16.9 Å². The summed E-state index contributed by atoms with van der Waals surface area (Å²) in [5.74, 6) is 0.845. The summed E-state index contributed by atoms with van der Waals surface area (Å²) >= 11 is 0. The van der Waals surface area contributed by atoms with Gasteiger partial charge in [0, 0.05) is 24.0 Å². The highest BCUT2D eigenvalue weighted by molar-refractivity contribution is 5.61. The van der Waals surface area contributed by atoms with Crippen molar-refractivity contribution in [3.05, 3.63) is 54.0 Å². The highest BCUT2D eigenvalue weighted by atomic mass is 16.5. The molecule has 0 spiro atoms. The topological polar surface area (TPSA) is 52.8 Å². The second-order valence-corrected chi connectivity index (χ2v) is 4.86. The van der Waals surface area contributed by atoms with Crippen molar-refractivity contribution in [2.45, 2.75) is 13.8 Å². The van der Waals surface area contributed by atoms with E-state index in [4.69, 9.17) is 4.74 Å². The largest absolute Gasteiger partial charge is 0.496 e. The lowest BCUT2D eigenvalue weighted by atomic mass is 10.1. The van der Waals surface area contributed by atoms with Gasteiger partial charge in [0.2, 0.25) is 0 Å². The summed E-state index contributed by atoms with van der Waals surface area (Å²) in [5, 5.41) is 8.22. The molecule has 0 unspecified atom stereocenters. The van der Waals surface area contributed by atoms with Crippen LogP contribution in [0.3, 0.4) is 0 Å². The summed E-state index contributed by atoms with van der Waals surface area (Å²) in [7, 11) is 1.68. The van der Waals surface area contributed by atoms with Gasteiger partial charge in [0.15, 0.2) is 0 Å². The Morgan fingerprint density at radius 2 is 2.00 bits per heavy atom. The molecule has 0 aliphatic rings. The lowest BCUT2D eigenvalue weighted by molar-refractivity contribution is 0.411. The number of methoxy groups -OCH3 is 1. The van der Waals surface area contributed by atoms with E-state index in [0.29, 0.717) is 0 Å².